The Morgan fingerprint density at radius 3 is 2.41 bits per heavy atom. The second kappa shape index (κ2) is 9.08. The molecule has 1 aromatic heterocycles. The molecule has 0 unspecified atom stereocenters. The molecule has 0 saturated heterocycles. The fourth-order valence-corrected chi connectivity index (χ4v) is 3.45. The Morgan fingerprint density at radius 2 is 1.76 bits per heavy atom. The molecule has 0 fully saturated rings. The van der Waals surface area contributed by atoms with Crippen molar-refractivity contribution in [2.24, 2.45) is 0 Å². The fourth-order valence-electron chi connectivity index (χ4n) is 3.45. The summed E-state index contributed by atoms with van der Waals surface area (Å²) < 4.78 is 57.6. The van der Waals surface area contributed by atoms with E-state index in [0.29, 0.717) is 5.56 Å². The van der Waals surface area contributed by atoms with Gasteiger partial charge < -0.3 is 24.3 Å². The molecule has 3 aromatic carbocycles. The van der Waals surface area contributed by atoms with Gasteiger partial charge in [-0.05, 0) is 35.9 Å². The van der Waals surface area contributed by atoms with Gasteiger partial charge in [-0.15, -0.1) is 0 Å². The van der Waals surface area contributed by atoms with Crippen molar-refractivity contribution < 1.29 is 32.3 Å². The summed E-state index contributed by atoms with van der Waals surface area (Å²) in [5, 5.41) is 19.4. The maximum Gasteiger partial charge on any atom is 0.450 e. The number of ether oxygens (including phenoxy) is 2. The molecule has 0 spiro atoms. The van der Waals surface area contributed by atoms with Crippen molar-refractivity contribution in [1.29, 1.82) is 0 Å². The topological polar surface area (TPSA) is 95.2 Å². The quantitative estimate of drug-likeness (QED) is 0.357. The molecule has 0 saturated carbocycles. The van der Waals surface area contributed by atoms with Crippen LogP contribution in [0, 0.1) is 5.21 Å². The molecular formula is C24H17F3NO6-. The molecule has 0 radical (unpaired) electrons. The molecule has 0 bridgehead atoms. The molecule has 1 heterocycles. The zero-order valence-corrected chi connectivity index (χ0v) is 17.6. The summed E-state index contributed by atoms with van der Waals surface area (Å²) in [7, 11) is 1.30. The molecule has 4 rings (SSSR count). The van der Waals surface area contributed by atoms with Crippen LogP contribution in [0.2, 0.25) is 0 Å². The van der Waals surface area contributed by atoms with Crippen LogP contribution in [-0.4, -0.2) is 12.3 Å². The number of halogens is 3. The Balaban J connectivity index is 1.74. The summed E-state index contributed by atoms with van der Waals surface area (Å²) in [4.78, 5) is 13.1. The van der Waals surface area contributed by atoms with Crippen LogP contribution in [0.25, 0.3) is 22.1 Å². The van der Waals surface area contributed by atoms with Crippen LogP contribution < -0.4 is 20.1 Å². The fraction of sp³-hybridized carbons (Fsp3) is 0.125. The summed E-state index contributed by atoms with van der Waals surface area (Å²) >= 11 is 0. The van der Waals surface area contributed by atoms with Gasteiger partial charge in [0.05, 0.1) is 23.7 Å². The minimum absolute atomic E-state index is 0.0196. The molecular weight excluding hydrogens is 455 g/mol. The second-order valence-corrected chi connectivity index (χ2v) is 7.22. The number of fused-ring (bicyclic) bond motifs is 1. The standard InChI is InChI=1S/C24H17F3NO6/c1-32-19-5-3-2-4-17(19)21-22(29)18-11-10-16(12-20(18)34-23(21)24(25,26)27)33-13-14-6-8-15(9-7-14)28(30)31/h2-12,30H,13H2,1H3/q-1. The average molecular weight is 472 g/mol. The van der Waals surface area contributed by atoms with Crippen LogP contribution in [0.1, 0.15) is 11.3 Å². The van der Waals surface area contributed by atoms with E-state index in [9.17, 15) is 23.2 Å². The van der Waals surface area contributed by atoms with Gasteiger partial charge in [-0.1, -0.05) is 30.3 Å². The number of hydrogen-bond donors (Lipinski definition) is 1. The Bertz CT molecular complexity index is 1380. The number of rotatable bonds is 6. The first kappa shape index (κ1) is 23.1. The zero-order valence-electron chi connectivity index (χ0n) is 17.6. The van der Waals surface area contributed by atoms with Crippen LogP contribution in [0.5, 0.6) is 11.5 Å². The third kappa shape index (κ3) is 4.54. The lowest BCUT2D eigenvalue weighted by molar-refractivity contribution is -0.152. The van der Waals surface area contributed by atoms with Crippen molar-refractivity contribution in [3.05, 3.63) is 93.5 Å². The van der Waals surface area contributed by atoms with Gasteiger partial charge in [0.1, 0.15) is 23.7 Å². The number of para-hydroxylation sites is 1. The lowest BCUT2D eigenvalue weighted by Crippen LogP contribution is -2.16. The van der Waals surface area contributed by atoms with Gasteiger partial charge in [0, 0.05) is 11.6 Å². The molecule has 0 atom stereocenters. The van der Waals surface area contributed by atoms with Crippen LogP contribution in [0.3, 0.4) is 0 Å². The average Bonchev–Trinajstić information content (AvgIpc) is 2.82. The highest BCUT2D eigenvalue weighted by molar-refractivity contribution is 5.85. The van der Waals surface area contributed by atoms with E-state index in [1.807, 2.05) is 0 Å². The van der Waals surface area contributed by atoms with Crippen molar-refractivity contribution in [3.8, 4) is 22.6 Å². The Labute approximate surface area is 190 Å². The van der Waals surface area contributed by atoms with Crippen molar-refractivity contribution in [2.75, 3.05) is 12.3 Å². The first-order valence-electron chi connectivity index (χ1n) is 9.88. The number of alkyl halides is 3. The van der Waals surface area contributed by atoms with Crippen LogP contribution >= 0.6 is 0 Å². The Morgan fingerprint density at radius 1 is 1.06 bits per heavy atom. The van der Waals surface area contributed by atoms with Gasteiger partial charge in [0.2, 0.25) is 11.2 Å². The number of benzene rings is 3. The lowest BCUT2D eigenvalue weighted by Gasteiger charge is -2.21. The minimum atomic E-state index is -4.94. The van der Waals surface area contributed by atoms with Crippen LogP contribution in [0.15, 0.2) is 75.9 Å². The van der Waals surface area contributed by atoms with E-state index < -0.39 is 22.9 Å². The smallest absolute Gasteiger partial charge is 0.450 e. The lowest BCUT2D eigenvalue weighted by atomic mass is 10.0. The van der Waals surface area contributed by atoms with E-state index in [0.717, 1.165) is 0 Å². The Kier molecular flexibility index (Phi) is 6.18. The van der Waals surface area contributed by atoms with Crippen molar-refractivity contribution in [2.45, 2.75) is 12.8 Å². The van der Waals surface area contributed by atoms with E-state index in [-0.39, 0.29) is 45.6 Å². The van der Waals surface area contributed by atoms with E-state index in [2.05, 4.69) is 0 Å². The van der Waals surface area contributed by atoms with Crippen LogP contribution in [0.4, 0.5) is 18.9 Å². The van der Waals surface area contributed by atoms with Crippen molar-refractivity contribution in [1.82, 2.24) is 0 Å². The SMILES string of the molecule is COc1ccccc1-c1c(C(F)(F)F)oc2cc(OCc3ccc(N([O-])O)cc3)ccc2c1=O. The highest BCUT2D eigenvalue weighted by Gasteiger charge is 2.40. The van der Waals surface area contributed by atoms with Gasteiger partial charge in [-0.25, -0.2) is 0 Å². The number of hydrogen-bond acceptors (Lipinski definition) is 7. The first-order valence-corrected chi connectivity index (χ1v) is 9.88. The molecule has 176 valence electrons. The molecule has 0 aliphatic carbocycles. The molecule has 0 amide bonds. The molecule has 34 heavy (non-hydrogen) atoms. The Hall–Kier alpha value is -4.02. The monoisotopic (exact) mass is 472 g/mol. The molecule has 10 heteroatoms. The highest BCUT2D eigenvalue weighted by atomic mass is 19.4. The van der Waals surface area contributed by atoms with E-state index in [4.69, 9.17) is 19.1 Å². The summed E-state index contributed by atoms with van der Waals surface area (Å²) in [6, 6.07) is 15.7. The predicted molar refractivity (Wildman–Crippen MR) is 118 cm³/mol. The highest BCUT2D eigenvalue weighted by Crippen LogP contribution is 2.40. The zero-order chi connectivity index (χ0) is 24.5. The largest absolute Gasteiger partial charge is 0.733 e. The second-order valence-electron chi connectivity index (χ2n) is 7.22. The normalized spacial score (nSPS) is 11.5. The molecule has 0 aliphatic rings. The molecule has 4 aromatic rings. The number of nitrogens with zero attached hydrogens (tertiary/aromatic N) is 1. The van der Waals surface area contributed by atoms with Gasteiger partial charge >= 0.3 is 6.18 Å². The summed E-state index contributed by atoms with van der Waals surface area (Å²) in [6.45, 7) is 0.0196. The molecule has 1 N–H and O–H groups in total. The first-order chi connectivity index (χ1) is 16.2. The third-order valence-electron chi connectivity index (χ3n) is 5.06. The molecule has 7 nitrogen and oxygen atoms in total. The van der Waals surface area contributed by atoms with E-state index in [1.54, 1.807) is 18.2 Å². The molecule has 0 aliphatic heterocycles. The third-order valence-corrected chi connectivity index (χ3v) is 5.06. The van der Waals surface area contributed by atoms with Gasteiger partial charge in [-0.3, -0.25) is 10.0 Å². The van der Waals surface area contributed by atoms with Gasteiger partial charge in [0.15, 0.2) is 0 Å². The van der Waals surface area contributed by atoms with Crippen molar-refractivity contribution in [3.63, 3.8) is 0 Å². The minimum Gasteiger partial charge on any atom is -0.733 e. The summed E-state index contributed by atoms with van der Waals surface area (Å²) in [6.07, 6.45) is -4.94. The van der Waals surface area contributed by atoms with Gasteiger partial charge in [-0.2, -0.15) is 13.2 Å². The van der Waals surface area contributed by atoms with Crippen molar-refractivity contribution >= 4 is 16.7 Å². The maximum absolute atomic E-state index is 13.9. The number of methoxy groups -OCH3 is 1. The summed E-state index contributed by atoms with van der Waals surface area (Å²) in [5.74, 6) is -1.16. The van der Waals surface area contributed by atoms with E-state index >= 15 is 0 Å². The predicted octanol–water partition coefficient (Wildman–Crippen LogP) is 5.76. The maximum atomic E-state index is 13.9. The van der Waals surface area contributed by atoms with Gasteiger partial charge in [0.25, 0.3) is 0 Å². The summed E-state index contributed by atoms with van der Waals surface area (Å²) in [5.41, 5.74) is -1.15. The van der Waals surface area contributed by atoms with Crippen LogP contribution in [-0.2, 0) is 12.8 Å². The van der Waals surface area contributed by atoms with E-state index in [1.165, 1.54) is 55.6 Å². The number of anilines is 1.